The van der Waals surface area contributed by atoms with Crippen molar-refractivity contribution in [2.75, 3.05) is 12.4 Å². The molecule has 0 aliphatic heterocycles. The van der Waals surface area contributed by atoms with Crippen molar-refractivity contribution in [2.24, 2.45) is 5.10 Å². The Morgan fingerprint density at radius 3 is 2.45 bits per heavy atom. The Kier molecular flexibility index (Phi) is 7.21. The molecule has 0 saturated carbocycles. The SMILES string of the molecule is COc1cc(/C=N/NC(=O)c2ccc(NC(=O)c3ccccc3Cl)cc2)c(O)c([N+](=O)[O-])c1. The Morgan fingerprint density at radius 1 is 1.12 bits per heavy atom. The molecule has 0 aromatic heterocycles. The second-order valence-corrected chi connectivity index (χ2v) is 6.96. The predicted molar refractivity (Wildman–Crippen MR) is 122 cm³/mol. The number of carbonyl (C=O) groups excluding carboxylic acids is 2. The summed E-state index contributed by atoms with van der Waals surface area (Å²) in [5.74, 6) is -1.44. The van der Waals surface area contributed by atoms with E-state index in [4.69, 9.17) is 16.3 Å². The number of benzene rings is 3. The van der Waals surface area contributed by atoms with Crippen molar-refractivity contribution in [1.82, 2.24) is 5.43 Å². The molecule has 0 fully saturated rings. The molecule has 0 heterocycles. The number of hydrogen-bond donors (Lipinski definition) is 3. The van der Waals surface area contributed by atoms with E-state index in [2.05, 4.69) is 15.8 Å². The molecule has 0 saturated heterocycles. The van der Waals surface area contributed by atoms with Crippen molar-refractivity contribution >= 4 is 41.0 Å². The highest BCUT2D eigenvalue weighted by Gasteiger charge is 2.19. The molecule has 3 aromatic rings. The number of hydrogen-bond acceptors (Lipinski definition) is 7. The van der Waals surface area contributed by atoms with Gasteiger partial charge in [0.25, 0.3) is 11.8 Å². The largest absolute Gasteiger partial charge is 0.502 e. The highest BCUT2D eigenvalue weighted by Crippen LogP contribution is 2.33. The number of amides is 2. The number of hydrazone groups is 1. The number of nitrogens with one attached hydrogen (secondary N) is 2. The first-order chi connectivity index (χ1) is 15.8. The van der Waals surface area contributed by atoms with E-state index in [0.29, 0.717) is 16.3 Å². The van der Waals surface area contributed by atoms with Crippen LogP contribution in [0.1, 0.15) is 26.3 Å². The molecule has 2 amide bonds. The zero-order valence-electron chi connectivity index (χ0n) is 17.1. The van der Waals surface area contributed by atoms with Gasteiger partial charge in [-0.3, -0.25) is 19.7 Å². The van der Waals surface area contributed by atoms with Gasteiger partial charge in [0.1, 0.15) is 5.75 Å². The molecule has 33 heavy (non-hydrogen) atoms. The van der Waals surface area contributed by atoms with Crippen LogP contribution in [0.2, 0.25) is 5.02 Å². The molecule has 0 aliphatic rings. The van der Waals surface area contributed by atoms with Crippen molar-refractivity contribution in [3.63, 3.8) is 0 Å². The van der Waals surface area contributed by atoms with E-state index in [9.17, 15) is 24.8 Å². The lowest BCUT2D eigenvalue weighted by Crippen LogP contribution is -2.18. The smallest absolute Gasteiger partial charge is 0.315 e. The summed E-state index contributed by atoms with van der Waals surface area (Å²) in [6.07, 6.45) is 1.06. The molecule has 0 spiro atoms. The summed E-state index contributed by atoms with van der Waals surface area (Å²) in [5, 5.41) is 27.8. The summed E-state index contributed by atoms with van der Waals surface area (Å²) in [6, 6.07) is 15.0. The monoisotopic (exact) mass is 468 g/mol. The molecule has 3 rings (SSSR count). The number of nitro benzene ring substituents is 1. The quantitative estimate of drug-likeness (QED) is 0.272. The van der Waals surface area contributed by atoms with Gasteiger partial charge >= 0.3 is 5.69 Å². The number of anilines is 1. The summed E-state index contributed by atoms with van der Waals surface area (Å²) in [6.45, 7) is 0. The van der Waals surface area contributed by atoms with Crippen LogP contribution in [-0.2, 0) is 0 Å². The van der Waals surface area contributed by atoms with Gasteiger partial charge in [-0.15, -0.1) is 0 Å². The van der Waals surface area contributed by atoms with Gasteiger partial charge in [-0.1, -0.05) is 23.7 Å². The van der Waals surface area contributed by atoms with Crippen LogP contribution in [0.25, 0.3) is 0 Å². The number of ether oxygens (including phenoxy) is 1. The topological polar surface area (TPSA) is 143 Å². The minimum Gasteiger partial charge on any atom is -0.502 e. The lowest BCUT2D eigenvalue weighted by Gasteiger charge is -2.07. The highest BCUT2D eigenvalue weighted by atomic mass is 35.5. The van der Waals surface area contributed by atoms with E-state index in [0.717, 1.165) is 12.3 Å². The Balaban J connectivity index is 1.66. The Labute approximate surface area is 192 Å². The maximum absolute atomic E-state index is 12.3. The summed E-state index contributed by atoms with van der Waals surface area (Å²) in [4.78, 5) is 34.9. The lowest BCUT2D eigenvalue weighted by molar-refractivity contribution is -0.385. The van der Waals surface area contributed by atoms with Crippen LogP contribution in [0.4, 0.5) is 11.4 Å². The number of phenolic OH excluding ortho intramolecular Hbond substituents is 1. The van der Waals surface area contributed by atoms with Gasteiger partial charge in [-0.2, -0.15) is 5.10 Å². The molecule has 10 nitrogen and oxygen atoms in total. The second-order valence-electron chi connectivity index (χ2n) is 6.55. The van der Waals surface area contributed by atoms with E-state index >= 15 is 0 Å². The van der Waals surface area contributed by atoms with Crippen LogP contribution < -0.4 is 15.5 Å². The third-order valence-corrected chi connectivity index (χ3v) is 4.75. The van der Waals surface area contributed by atoms with Gasteiger partial charge in [0, 0.05) is 16.8 Å². The van der Waals surface area contributed by atoms with Gasteiger partial charge in [0.15, 0.2) is 0 Å². The Morgan fingerprint density at radius 2 is 1.82 bits per heavy atom. The van der Waals surface area contributed by atoms with Gasteiger partial charge < -0.3 is 15.2 Å². The van der Waals surface area contributed by atoms with E-state index in [-0.39, 0.29) is 16.9 Å². The van der Waals surface area contributed by atoms with E-state index in [1.807, 2.05) is 0 Å². The average Bonchev–Trinajstić information content (AvgIpc) is 2.80. The zero-order chi connectivity index (χ0) is 24.0. The summed E-state index contributed by atoms with van der Waals surface area (Å²) >= 11 is 6.01. The standard InChI is InChI=1S/C22H17ClN4O6/c1-33-16-10-14(20(28)19(11-16)27(31)32)12-24-26-21(29)13-6-8-15(9-7-13)25-22(30)17-4-2-3-5-18(17)23/h2-12,28H,1H3,(H,25,30)(H,26,29)/b24-12+. The Hall–Kier alpha value is -4.44. The fourth-order valence-electron chi connectivity index (χ4n) is 2.74. The van der Waals surface area contributed by atoms with Gasteiger partial charge in [0.2, 0.25) is 5.75 Å². The van der Waals surface area contributed by atoms with Gasteiger partial charge in [0.05, 0.1) is 34.9 Å². The molecular weight excluding hydrogens is 452 g/mol. The van der Waals surface area contributed by atoms with Crippen LogP contribution in [0, 0.1) is 10.1 Å². The molecule has 11 heteroatoms. The average molecular weight is 469 g/mol. The molecule has 0 aliphatic carbocycles. The molecule has 168 valence electrons. The van der Waals surface area contributed by atoms with Crippen LogP contribution in [0.5, 0.6) is 11.5 Å². The summed E-state index contributed by atoms with van der Waals surface area (Å²) < 4.78 is 4.97. The molecule has 3 N–H and O–H groups in total. The highest BCUT2D eigenvalue weighted by molar-refractivity contribution is 6.34. The van der Waals surface area contributed by atoms with E-state index < -0.39 is 28.2 Å². The number of methoxy groups -OCH3 is 1. The molecule has 3 aromatic carbocycles. The third-order valence-electron chi connectivity index (χ3n) is 4.42. The van der Waals surface area contributed by atoms with Crippen LogP contribution in [0.3, 0.4) is 0 Å². The number of nitrogens with zero attached hydrogens (tertiary/aromatic N) is 2. The molecule has 0 bridgehead atoms. The van der Waals surface area contributed by atoms with Crippen molar-refractivity contribution in [3.05, 3.63) is 92.5 Å². The van der Waals surface area contributed by atoms with E-state index in [1.165, 1.54) is 37.4 Å². The summed E-state index contributed by atoms with van der Waals surface area (Å²) in [7, 11) is 1.32. The third kappa shape index (κ3) is 5.63. The first-order valence-corrected chi connectivity index (χ1v) is 9.72. The molecule has 0 radical (unpaired) electrons. The van der Waals surface area contributed by atoms with Crippen LogP contribution >= 0.6 is 11.6 Å². The number of carbonyl (C=O) groups is 2. The van der Waals surface area contributed by atoms with Crippen LogP contribution in [-0.4, -0.2) is 35.2 Å². The molecule has 0 unspecified atom stereocenters. The maximum atomic E-state index is 12.3. The minimum absolute atomic E-state index is 0.0148. The van der Waals surface area contributed by atoms with Gasteiger partial charge in [-0.25, -0.2) is 5.43 Å². The van der Waals surface area contributed by atoms with Crippen molar-refractivity contribution in [2.45, 2.75) is 0 Å². The second kappa shape index (κ2) is 10.2. The number of rotatable bonds is 7. The van der Waals surface area contributed by atoms with Gasteiger partial charge in [-0.05, 0) is 42.5 Å². The number of phenols is 1. The predicted octanol–water partition coefficient (Wildman–Crippen LogP) is 3.98. The molecule has 0 atom stereocenters. The van der Waals surface area contributed by atoms with Crippen molar-refractivity contribution in [3.8, 4) is 11.5 Å². The van der Waals surface area contributed by atoms with Crippen molar-refractivity contribution < 1.29 is 24.4 Å². The zero-order valence-corrected chi connectivity index (χ0v) is 17.9. The minimum atomic E-state index is -0.764. The van der Waals surface area contributed by atoms with Crippen molar-refractivity contribution in [1.29, 1.82) is 0 Å². The normalized spacial score (nSPS) is 10.6. The first kappa shape index (κ1) is 23.2. The van der Waals surface area contributed by atoms with Crippen LogP contribution in [0.15, 0.2) is 65.8 Å². The lowest BCUT2D eigenvalue weighted by atomic mass is 10.1. The number of halogens is 1. The first-order valence-electron chi connectivity index (χ1n) is 9.35. The van der Waals surface area contributed by atoms with E-state index in [1.54, 1.807) is 24.3 Å². The fourth-order valence-corrected chi connectivity index (χ4v) is 2.96. The molecular formula is C22H17ClN4O6. The Bertz CT molecular complexity index is 1240. The number of aromatic hydroxyl groups is 1. The maximum Gasteiger partial charge on any atom is 0.315 e. The fraction of sp³-hybridized carbons (Fsp3) is 0.0455. The summed E-state index contributed by atoms with van der Waals surface area (Å²) in [5.41, 5.74) is 2.69. The number of nitro groups is 1.